The zero-order valence-corrected chi connectivity index (χ0v) is 9.60. The molecule has 20 heavy (non-hydrogen) atoms. The minimum absolute atomic E-state index is 0.604. The van der Waals surface area contributed by atoms with Gasteiger partial charge in [0.05, 0.1) is 11.3 Å². The van der Waals surface area contributed by atoms with Crippen molar-refractivity contribution in [2.24, 2.45) is 0 Å². The molecule has 2 amide bonds. The fourth-order valence-electron chi connectivity index (χ4n) is 1.17. The average Bonchev–Trinajstić information content (AvgIpc) is 2.26. The van der Waals surface area contributed by atoms with Crippen molar-refractivity contribution in [3.63, 3.8) is 0 Å². The molecule has 0 aromatic heterocycles. The minimum atomic E-state index is -4.71. The highest BCUT2D eigenvalue weighted by Crippen LogP contribution is 2.34. The number of rotatable bonds is 3. The number of halogens is 6. The molecule has 0 heterocycles. The van der Waals surface area contributed by atoms with Gasteiger partial charge in [-0.15, -0.1) is 0 Å². The molecule has 0 saturated carbocycles. The molecule has 1 aromatic carbocycles. The number of hydroxylamine groups is 1. The van der Waals surface area contributed by atoms with Gasteiger partial charge >= 0.3 is 18.4 Å². The Bertz CT molecular complexity index is 472. The van der Waals surface area contributed by atoms with Crippen LogP contribution in [0.1, 0.15) is 5.56 Å². The maximum atomic E-state index is 12.6. The molecule has 0 saturated heterocycles. The monoisotopic (exact) mass is 302 g/mol. The van der Waals surface area contributed by atoms with Crippen LogP contribution in [-0.2, 0) is 11.0 Å². The van der Waals surface area contributed by atoms with Crippen molar-refractivity contribution in [1.82, 2.24) is 5.48 Å². The average molecular weight is 302 g/mol. The van der Waals surface area contributed by atoms with Crippen LogP contribution >= 0.6 is 0 Å². The Balaban J connectivity index is 2.63. The van der Waals surface area contributed by atoms with E-state index in [1.807, 2.05) is 0 Å². The predicted molar refractivity (Wildman–Crippen MR) is 55.6 cm³/mol. The van der Waals surface area contributed by atoms with Crippen molar-refractivity contribution in [2.45, 2.75) is 12.4 Å². The van der Waals surface area contributed by atoms with Gasteiger partial charge in [-0.1, -0.05) is 12.1 Å². The number of carbonyl (C=O) groups excluding carboxylic acids is 1. The maximum Gasteiger partial charge on any atom is 0.418 e. The zero-order valence-electron chi connectivity index (χ0n) is 9.60. The summed E-state index contributed by atoms with van der Waals surface area (Å²) in [5.74, 6) is 0. The lowest BCUT2D eigenvalue weighted by Crippen LogP contribution is -2.33. The first-order valence-electron chi connectivity index (χ1n) is 5.01. The molecule has 112 valence electrons. The van der Waals surface area contributed by atoms with E-state index in [4.69, 9.17) is 0 Å². The van der Waals surface area contributed by atoms with Crippen LogP contribution < -0.4 is 10.8 Å². The third-order valence-electron chi connectivity index (χ3n) is 1.88. The number of alkyl halides is 6. The van der Waals surface area contributed by atoms with Crippen molar-refractivity contribution < 1.29 is 36.0 Å². The van der Waals surface area contributed by atoms with E-state index in [0.717, 1.165) is 12.1 Å². The molecule has 0 atom stereocenters. The van der Waals surface area contributed by atoms with Crippen molar-refractivity contribution in [1.29, 1.82) is 0 Å². The van der Waals surface area contributed by atoms with Gasteiger partial charge in [0.15, 0.2) is 6.61 Å². The van der Waals surface area contributed by atoms with Crippen LogP contribution in [0.4, 0.5) is 36.8 Å². The molecule has 0 aliphatic heterocycles. The summed E-state index contributed by atoms with van der Waals surface area (Å²) in [4.78, 5) is 14.9. The van der Waals surface area contributed by atoms with E-state index in [1.54, 1.807) is 5.32 Å². The van der Waals surface area contributed by atoms with Gasteiger partial charge in [0.25, 0.3) is 0 Å². The van der Waals surface area contributed by atoms with E-state index < -0.39 is 36.2 Å². The van der Waals surface area contributed by atoms with E-state index in [0.29, 0.717) is 6.07 Å². The van der Waals surface area contributed by atoms with E-state index >= 15 is 0 Å². The van der Waals surface area contributed by atoms with Gasteiger partial charge in [0.2, 0.25) is 0 Å². The highest BCUT2D eigenvalue weighted by Gasteiger charge is 2.33. The topological polar surface area (TPSA) is 50.4 Å². The van der Waals surface area contributed by atoms with Gasteiger partial charge in [0, 0.05) is 0 Å². The van der Waals surface area contributed by atoms with Crippen LogP contribution in [0.25, 0.3) is 0 Å². The Kier molecular flexibility index (Phi) is 4.82. The number of para-hydroxylation sites is 1. The fraction of sp³-hybridized carbons (Fsp3) is 0.300. The van der Waals surface area contributed by atoms with Crippen LogP contribution in [0.15, 0.2) is 24.3 Å². The first-order chi connectivity index (χ1) is 9.09. The third kappa shape index (κ3) is 5.34. The molecule has 0 aliphatic carbocycles. The van der Waals surface area contributed by atoms with E-state index in [-0.39, 0.29) is 0 Å². The molecular formula is C10H8F6N2O2. The first-order valence-corrected chi connectivity index (χ1v) is 5.01. The molecule has 1 aromatic rings. The summed E-state index contributed by atoms with van der Waals surface area (Å²) in [6.45, 7) is -1.76. The van der Waals surface area contributed by atoms with E-state index in [2.05, 4.69) is 4.84 Å². The minimum Gasteiger partial charge on any atom is -0.306 e. The number of anilines is 1. The van der Waals surface area contributed by atoms with Gasteiger partial charge in [-0.25, -0.2) is 10.3 Å². The fourth-order valence-corrected chi connectivity index (χ4v) is 1.17. The zero-order chi connectivity index (χ0) is 15.4. The summed E-state index contributed by atoms with van der Waals surface area (Å²) in [5, 5.41) is 1.74. The predicted octanol–water partition coefficient (Wildman–Crippen LogP) is 3.32. The summed E-state index contributed by atoms with van der Waals surface area (Å²) in [6.07, 6.45) is -9.38. The van der Waals surface area contributed by atoms with E-state index in [1.165, 1.54) is 11.5 Å². The summed E-state index contributed by atoms with van der Waals surface area (Å²) in [6, 6.07) is 2.64. The second kappa shape index (κ2) is 5.99. The number of urea groups is 1. The normalized spacial score (nSPS) is 12.1. The van der Waals surface area contributed by atoms with Gasteiger partial charge in [-0.3, -0.25) is 4.84 Å². The molecule has 0 fully saturated rings. The Labute approximate surface area is 108 Å². The van der Waals surface area contributed by atoms with Crippen LogP contribution in [0.5, 0.6) is 0 Å². The van der Waals surface area contributed by atoms with Crippen molar-refractivity contribution in [2.75, 3.05) is 11.9 Å². The molecule has 2 N–H and O–H groups in total. The smallest absolute Gasteiger partial charge is 0.306 e. The molecule has 1 rings (SSSR count). The lowest BCUT2D eigenvalue weighted by atomic mass is 10.2. The molecule has 0 spiro atoms. The van der Waals surface area contributed by atoms with Gasteiger partial charge in [0.1, 0.15) is 0 Å². The van der Waals surface area contributed by atoms with Gasteiger partial charge in [-0.05, 0) is 12.1 Å². The Morgan fingerprint density at radius 2 is 1.70 bits per heavy atom. The van der Waals surface area contributed by atoms with Crippen molar-refractivity contribution >= 4 is 11.7 Å². The number of nitrogens with one attached hydrogen (secondary N) is 2. The number of hydrogen-bond donors (Lipinski definition) is 2. The molecule has 10 heteroatoms. The first kappa shape index (κ1) is 16.1. The second-order valence-electron chi connectivity index (χ2n) is 3.50. The second-order valence-corrected chi connectivity index (χ2v) is 3.50. The molecule has 0 radical (unpaired) electrons. The lowest BCUT2D eigenvalue weighted by Gasteiger charge is -2.14. The summed E-state index contributed by atoms with van der Waals surface area (Å²) < 4.78 is 72.8. The molecule has 0 bridgehead atoms. The number of amides is 2. The third-order valence-corrected chi connectivity index (χ3v) is 1.88. The number of carbonyl (C=O) groups is 1. The molecule has 0 unspecified atom stereocenters. The Hall–Kier alpha value is -1.97. The van der Waals surface area contributed by atoms with Crippen molar-refractivity contribution in [3.05, 3.63) is 29.8 Å². The summed E-state index contributed by atoms with van der Waals surface area (Å²) >= 11 is 0. The van der Waals surface area contributed by atoms with Gasteiger partial charge in [-0.2, -0.15) is 26.3 Å². The quantitative estimate of drug-likeness (QED) is 0.665. The molecular weight excluding hydrogens is 294 g/mol. The van der Waals surface area contributed by atoms with Crippen LogP contribution in [0.2, 0.25) is 0 Å². The van der Waals surface area contributed by atoms with Crippen LogP contribution in [0, 0.1) is 0 Å². The Morgan fingerprint density at radius 1 is 1.10 bits per heavy atom. The largest absolute Gasteiger partial charge is 0.418 e. The standard InChI is InChI=1S/C10H8F6N2O2/c11-9(12,13)5-20-18-8(19)17-7-4-2-1-3-6(7)10(14,15)16/h1-4H,5H2,(H2,17,18,19). The number of benzene rings is 1. The lowest BCUT2D eigenvalue weighted by molar-refractivity contribution is -0.183. The Morgan fingerprint density at radius 3 is 2.25 bits per heavy atom. The summed E-state index contributed by atoms with van der Waals surface area (Å²) in [5.41, 5.74) is -0.408. The molecule has 0 aliphatic rings. The van der Waals surface area contributed by atoms with Crippen molar-refractivity contribution in [3.8, 4) is 0 Å². The highest BCUT2D eigenvalue weighted by molar-refractivity contribution is 5.89. The van der Waals surface area contributed by atoms with E-state index in [9.17, 15) is 31.1 Å². The number of hydrogen-bond acceptors (Lipinski definition) is 2. The SMILES string of the molecule is O=C(NOCC(F)(F)F)Nc1ccccc1C(F)(F)F. The maximum absolute atomic E-state index is 12.6. The highest BCUT2D eigenvalue weighted by atomic mass is 19.4. The van der Waals surface area contributed by atoms with Gasteiger partial charge < -0.3 is 5.32 Å². The van der Waals surface area contributed by atoms with Crippen LogP contribution in [0.3, 0.4) is 0 Å². The molecule has 4 nitrogen and oxygen atoms in total. The summed E-state index contributed by atoms with van der Waals surface area (Å²) in [7, 11) is 0. The van der Waals surface area contributed by atoms with Crippen LogP contribution in [-0.4, -0.2) is 18.8 Å².